The minimum Gasteiger partial charge on any atom is -0.355 e. The van der Waals surface area contributed by atoms with E-state index in [1.165, 1.54) is 0 Å². The van der Waals surface area contributed by atoms with Crippen LogP contribution in [0.2, 0.25) is 10.0 Å². The third kappa shape index (κ3) is 3.34. The fraction of sp³-hybridized carbons (Fsp3) is 0.0500. The molecule has 0 saturated heterocycles. The van der Waals surface area contributed by atoms with E-state index in [1.807, 2.05) is 54.6 Å². The molecule has 4 aromatic rings. The summed E-state index contributed by atoms with van der Waals surface area (Å²) < 4.78 is 0. The van der Waals surface area contributed by atoms with E-state index in [2.05, 4.69) is 15.3 Å². The summed E-state index contributed by atoms with van der Waals surface area (Å²) in [5.41, 5.74) is 5.05. The number of hydrogen-bond acceptors (Lipinski definition) is 2. The zero-order valence-corrected chi connectivity index (χ0v) is 15.2. The lowest BCUT2D eigenvalue weighted by atomic mass is 10.0. The summed E-state index contributed by atoms with van der Waals surface area (Å²) in [6.07, 6.45) is 0.581. The molecule has 0 saturated carbocycles. The van der Waals surface area contributed by atoms with E-state index in [0.717, 1.165) is 33.5 Å². The molecule has 1 heterocycles. The highest BCUT2D eigenvalue weighted by Gasteiger charge is 2.12. The first-order valence-corrected chi connectivity index (χ1v) is 8.85. The molecule has 3 aromatic carbocycles. The van der Waals surface area contributed by atoms with Crippen molar-refractivity contribution in [3.8, 4) is 0 Å². The summed E-state index contributed by atoms with van der Waals surface area (Å²) in [5.74, 6) is 0. The van der Waals surface area contributed by atoms with E-state index in [0.29, 0.717) is 16.5 Å². The van der Waals surface area contributed by atoms with E-state index in [9.17, 15) is 4.79 Å². The van der Waals surface area contributed by atoms with E-state index >= 15 is 0 Å². The van der Waals surface area contributed by atoms with Gasteiger partial charge in [0.25, 0.3) is 0 Å². The number of aromatic amines is 2. The van der Waals surface area contributed by atoms with Gasteiger partial charge in [-0.2, -0.15) is 0 Å². The molecule has 0 aliphatic carbocycles. The second-order valence-electron chi connectivity index (χ2n) is 6.01. The smallest absolute Gasteiger partial charge is 0.323 e. The summed E-state index contributed by atoms with van der Waals surface area (Å²) in [5, 5.41) is 4.49. The topological polar surface area (TPSA) is 60.7 Å². The quantitative estimate of drug-likeness (QED) is 0.435. The minimum atomic E-state index is -0.233. The SMILES string of the molecule is O=c1[nH]c2cc(Cc3cccc(Cl)c3Cl)c(Nc3ccccc3)cc2[nH]1. The number of fused-ring (bicyclic) bond motifs is 1. The average molecular weight is 384 g/mol. The van der Waals surface area contributed by atoms with Crippen LogP contribution in [0.3, 0.4) is 0 Å². The van der Waals surface area contributed by atoms with E-state index in [-0.39, 0.29) is 5.69 Å². The van der Waals surface area contributed by atoms with Gasteiger partial charge in [0.15, 0.2) is 0 Å². The number of imidazole rings is 1. The van der Waals surface area contributed by atoms with Crippen LogP contribution in [0.5, 0.6) is 0 Å². The monoisotopic (exact) mass is 383 g/mol. The number of nitrogens with one attached hydrogen (secondary N) is 3. The van der Waals surface area contributed by atoms with Crippen molar-refractivity contribution in [2.24, 2.45) is 0 Å². The van der Waals surface area contributed by atoms with Gasteiger partial charge in [0.2, 0.25) is 0 Å². The Morgan fingerprint density at radius 2 is 1.58 bits per heavy atom. The Labute approximate surface area is 159 Å². The number of benzene rings is 3. The van der Waals surface area contributed by atoms with Crippen molar-refractivity contribution in [1.29, 1.82) is 0 Å². The molecule has 6 heteroatoms. The van der Waals surface area contributed by atoms with Crippen molar-refractivity contribution < 1.29 is 0 Å². The van der Waals surface area contributed by atoms with Crippen LogP contribution < -0.4 is 11.0 Å². The maximum absolute atomic E-state index is 11.7. The Morgan fingerprint density at radius 1 is 0.846 bits per heavy atom. The lowest BCUT2D eigenvalue weighted by Crippen LogP contribution is -1.99. The van der Waals surface area contributed by atoms with Crippen LogP contribution in [0.25, 0.3) is 11.0 Å². The summed E-state index contributed by atoms with van der Waals surface area (Å²) in [6, 6.07) is 19.3. The number of halogens is 2. The second-order valence-corrected chi connectivity index (χ2v) is 6.80. The number of anilines is 2. The molecule has 0 amide bonds. The van der Waals surface area contributed by atoms with Crippen LogP contribution in [0.1, 0.15) is 11.1 Å². The Hall–Kier alpha value is -2.69. The standard InChI is InChI=1S/C20H15Cl2N3O/c21-15-8-4-5-12(19(15)22)9-13-10-17-18(25-20(26)24-17)11-16(13)23-14-6-2-1-3-7-14/h1-8,10-11,23H,9H2,(H2,24,25,26). The van der Waals surface area contributed by atoms with Gasteiger partial charge in [0, 0.05) is 17.8 Å². The third-order valence-corrected chi connectivity index (χ3v) is 5.06. The number of rotatable bonds is 4. The molecule has 130 valence electrons. The average Bonchev–Trinajstić information content (AvgIpc) is 2.99. The van der Waals surface area contributed by atoms with Crippen LogP contribution in [-0.2, 0) is 6.42 Å². The maximum Gasteiger partial charge on any atom is 0.323 e. The number of aromatic nitrogens is 2. The Balaban J connectivity index is 1.81. The first kappa shape index (κ1) is 16.8. The fourth-order valence-corrected chi connectivity index (χ4v) is 3.34. The molecular formula is C20H15Cl2N3O. The summed E-state index contributed by atoms with van der Waals surface area (Å²) in [4.78, 5) is 17.3. The molecule has 4 nitrogen and oxygen atoms in total. The highest BCUT2D eigenvalue weighted by molar-refractivity contribution is 6.42. The second kappa shape index (κ2) is 6.90. The summed E-state index contributed by atoms with van der Waals surface area (Å²) in [7, 11) is 0. The van der Waals surface area contributed by atoms with Gasteiger partial charge in [-0.1, -0.05) is 53.5 Å². The fourth-order valence-electron chi connectivity index (χ4n) is 2.96. The van der Waals surface area contributed by atoms with Crippen LogP contribution in [0, 0.1) is 0 Å². The molecule has 0 aliphatic rings. The zero-order valence-electron chi connectivity index (χ0n) is 13.6. The third-order valence-electron chi connectivity index (χ3n) is 4.21. The lowest BCUT2D eigenvalue weighted by Gasteiger charge is -2.14. The highest BCUT2D eigenvalue weighted by Crippen LogP contribution is 2.31. The predicted molar refractivity (Wildman–Crippen MR) is 108 cm³/mol. The minimum absolute atomic E-state index is 0.233. The van der Waals surface area contributed by atoms with E-state index in [4.69, 9.17) is 23.2 Å². The van der Waals surface area contributed by atoms with Gasteiger partial charge in [0.05, 0.1) is 21.1 Å². The number of para-hydroxylation sites is 1. The lowest BCUT2D eigenvalue weighted by molar-refractivity contribution is 1.19. The number of H-pyrrole nitrogens is 2. The van der Waals surface area contributed by atoms with Gasteiger partial charge in [0.1, 0.15) is 0 Å². The molecule has 3 N–H and O–H groups in total. The van der Waals surface area contributed by atoms with Crippen LogP contribution in [0.4, 0.5) is 11.4 Å². The van der Waals surface area contributed by atoms with E-state index in [1.54, 1.807) is 6.07 Å². The van der Waals surface area contributed by atoms with Crippen LogP contribution in [-0.4, -0.2) is 9.97 Å². The summed E-state index contributed by atoms with van der Waals surface area (Å²) >= 11 is 12.5. The first-order chi connectivity index (χ1) is 12.6. The molecule has 0 bridgehead atoms. The van der Waals surface area contributed by atoms with Crippen molar-refractivity contribution in [1.82, 2.24) is 9.97 Å². The Kier molecular flexibility index (Phi) is 4.45. The van der Waals surface area contributed by atoms with Crippen molar-refractivity contribution in [3.63, 3.8) is 0 Å². The molecule has 0 spiro atoms. The van der Waals surface area contributed by atoms with Gasteiger partial charge in [-0.25, -0.2) is 4.79 Å². The van der Waals surface area contributed by atoms with Gasteiger partial charge >= 0.3 is 5.69 Å². The van der Waals surface area contributed by atoms with Crippen molar-refractivity contribution in [2.75, 3.05) is 5.32 Å². The molecule has 0 unspecified atom stereocenters. The maximum atomic E-state index is 11.7. The van der Waals surface area contributed by atoms with Crippen LogP contribution in [0.15, 0.2) is 65.5 Å². The van der Waals surface area contributed by atoms with Crippen molar-refractivity contribution in [3.05, 3.63) is 92.3 Å². The van der Waals surface area contributed by atoms with Crippen molar-refractivity contribution >= 4 is 45.6 Å². The predicted octanol–water partition coefficient (Wildman–Crippen LogP) is 5.50. The van der Waals surface area contributed by atoms with Gasteiger partial charge in [-0.15, -0.1) is 0 Å². The summed E-state index contributed by atoms with van der Waals surface area (Å²) in [6.45, 7) is 0. The zero-order chi connectivity index (χ0) is 18.1. The first-order valence-electron chi connectivity index (χ1n) is 8.10. The molecule has 4 rings (SSSR count). The van der Waals surface area contributed by atoms with Gasteiger partial charge < -0.3 is 15.3 Å². The Bertz CT molecular complexity index is 1130. The highest BCUT2D eigenvalue weighted by atomic mass is 35.5. The van der Waals surface area contributed by atoms with Crippen molar-refractivity contribution in [2.45, 2.75) is 6.42 Å². The Morgan fingerprint density at radius 3 is 2.35 bits per heavy atom. The van der Waals surface area contributed by atoms with Crippen LogP contribution >= 0.6 is 23.2 Å². The molecule has 26 heavy (non-hydrogen) atoms. The molecule has 0 atom stereocenters. The van der Waals surface area contributed by atoms with E-state index < -0.39 is 0 Å². The molecular weight excluding hydrogens is 369 g/mol. The number of hydrogen-bond donors (Lipinski definition) is 3. The molecule has 0 aliphatic heterocycles. The normalized spacial score (nSPS) is 11.0. The largest absolute Gasteiger partial charge is 0.355 e. The van der Waals surface area contributed by atoms with Gasteiger partial charge in [-0.05, 0) is 41.5 Å². The molecule has 0 radical (unpaired) electrons. The molecule has 1 aromatic heterocycles. The van der Waals surface area contributed by atoms with Gasteiger partial charge in [-0.3, -0.25) is 0 Å². The molecule has 0 fully saturated rings.